The van der Waals surface area contributed by atoms with Crippen LogP contribution in [0.5, 0.6) is 0 Å². The molecule has 4 aromatic rings. The Morgan fingerprint density at radius 2 is 1.77 bits per heavy atom. The lowest BCUT2D eigenvalue weighted by molar-refractivity contribution is 0.126. The number of nitrogens with two attached hydrogens (primary N) is 1. The van der Waals surface area contributed by atoms with E-state index in [4.69, 9.17) is 22.3 Å². The van der Waals surface area contributed by atoms with Gasteiger partial charge in [-0.25, -0.2) is 18.6 Å². The molecule has 14 heteroatoms. The Morgan fingerprint density at radius 1 is 1.05 bits per heavy atom. The molecule has 3 unspecified atom stereocenters. The number of nitrogen functional groups attached to an aromatic ring is 1. The number of benzene rings is 2. The standard InChI is InChI=1S/C30H33ClF2N8OS2/c1-2-38-5-7-39(8-6-38)13-17-14-43-27-22(23-20(32)10-21(33)26-24(23)36-29(34)44-26)19(31)9-18-25(27)41(17)30(42)37-28(18)40-11-15-3-4-16(12-40)35-15/h9-10,15-17,35H,2-8,11-14H2,1H3,(H2,34,36). The molecule has 0 aliphatic carbocycles. The van der Waals surface area contributed by atoms with Crippen LogP contribution in [0.25, 0.3) is 32.2 Å². The summed E-state index contributed by atoms with van der Waals surface area (Å²) in [5, 5.41) is 4.87. The molecular formula is C30H33ClF2N8OS2. The van der Waals surface area contributed by atoms with Crippen molar-refractivity contribution in [3.8, 4) is 11.1 Å². The number of hydrogen-bond acceptors (Lipinski definition) is 10. The van der Waals surface area contributed by atoms with Crippen LogP contribution in [0.15, 0.2) is 21.8 Å². The Kier molecular flexibility index (Phi) is 7.26. The minimum Gasteiger partial charge on any atom is -0.375 e. The van der Waals surface area contributed by atoms with E-state index in [1.807, 2.05) is 10.6 Å². The van der Waals surface area contributed by atoms with E-state index >= 15 is 4.39 Å². The number of rotatable bonds is 5. The Hall–Kier alpha value is -2.55. The van der Waals surface area contributed by atoms with Crippen LogP contribution >= 0.6 is 34.7 Å². The highest BCUT2D eigenvalue weighted by molar-refractivity contribution is 7.99. The summed E-state index contributed by atoms with van der Waals surface area (Å²) in [6.45, 7) is 9.29. The molecule has 4 aliphatic rings. The smallest absolute Gasteiger partial charge is 0.350 e. The summed E-state index contributed by atoms with van der Waals surface area (Å²) in [6.07, 6.45) is 2.18. The summed E-state index contributed by atoms with van der Waals surface area (Å²) in [6, 6.07) is 3.24. The number of aromatic nitrogens is 3. The average Bonchev–Trinajstić information content (AvgIpc) is 3.57. The van der Waals surface area contributed by atoms with E-state index in [1.165, 1.54) is 0 Å². The molecule has 2 bridgehead atoms. The van der Waals surface area contributed by atoms with Crippen molar-refractivity contribution in [2.45, 2.75) is 42.8 Å². The van der Waals surface area contributed by atoms with Crippen LogP contribution in [-0.4, -0.2) is 94.5 Å². The second-order valence-corrected chi connectivity index (χ2v) is 14.7. The van der Waals surface area contributed by atoms with Gasteiger partial charge in [-0.3, -0.25) is 9.47 Å². The van der Waals surface area contributed by atoms with Gasteiger partial charge in [-0.15, -0.1) is 11.8 Å². The molecule has 2 aromatic carbocycles. The zero-order valence-corrected chi connectivity index (χ0v) is 26.7. The molecule has 0 spiro atoms. The average molecular weight is 659 g/mol. The third-order valence-electron chi connectivity index (χ3n) is 9.62. The van der Waals surface area contributed by atoms with Gasteiger partial charge in [0.25, 0.3) is 0 Å². The third kappa shape index (κ3) is 4.70. The molecule has 3 N–H and O–H groups in total. The van der Waals surface area contributed by atoms with Gasteiger partial charge in [0.2, 0.25) is 0 Å². The van der Waals surface area contributed by atoms with Gasteiger partial charge in [0, 0.05) is 91.1 Å². The normalized spacial score (nSPS) is 24.2. The molecule has 4 aliphatic heterocycles. The fraction of sp³-hybridized carbons (Fsp3) is 0.500. The van der Waals surface area contributed by atoms with Crippen molar-refractivity contribution in [1.82, 2.24) is 29.7 Å². The molecule has 0 saturated carbocycles. The Bertz CT molecular complexity index is 1850. The molecule has 44 heavy (non-hydrogen) atoms. The Labute approximate surface area is 266 Å². The van der Waals surface area contributed by atoms with Crippen molar-refractivity contribution in [2.75, 3.05) is 68.7 Å². The Morgan fingerprint density at radius 3 is 2.50 bits per heavy atom. The number of likely N-dealkylation sites (N-methyl/N-ethyl adjacent to an activating group) is 1. The summed E-state index contributed by atoms with van der Waals surface area (Å²) < 4.78 is 32.6. The van der Waals surface area contributed by atoms with Gasteiger partial charge < -0.3 is 20.9 Å². The van der Waals surface area contributed by atoms with E-state index in [9.17, 15) is 9.18 Å². The third-order valence-corrected chi connectivity index (χ3v) is 12.0. The van der Waals surface area contributed by atoms with Crippen LogP contribution in [0.1, 0.15) is 25.8 Å². The van der Waals surface area contributed by atoms with Crippen LogP contribution in [0.2, 0.25) is 5.02 Å². The predicted molar refractivity (Wildman–Crippen MR) is 174 cm³/mol. The molecule has 3 fully saturated rings. The molecule has 9 nitrogen and oxygen atoms in total. The fourth-order valence-electron chi connectivity index (χ4n) is 7.49. The summed E-state index contributed by atoms with van der Waals surface area (Å²) in [5.41, 5.74) is 7.03. The van der Waals surface area contributed by atoms with E-state index < -0.39 is 11.6 Å². The summed E-state index contributed by atoms with van der Waals surface area (Å²) in [4.78, 5) is 30.9. The maximum absolute atomic E-state index is 15.8. The molecule has 3 atom stereocenters. The van der Waals surface area contributed by atoms with Gasteiger partial charge in [0.15, 0.2) is 5.13 Å². The van der Waals surface area contributed by atoms with Crippen molar-refractivity contribution in [2.24, 2.45) is 0 Å². The number of anilines is 2. The highest BCUT2D eigenvalue weighted by Crippen LogP contribution is 2.50. The number of thioether (sulfide) groups is 1. The maximum atomic E-state index is 15.8. The minimum absolute atomic E-state index is 0.107. The topological polar surface area (TPSA) is 95.6 Å². The Balaban J connectivity index is 1.33. The lowest BCUT2D eigenvalue weighted by Gasteiger charge is -2.38. The van der Waals surface area contributed by atoms with Gasteiger partial charge in [0.05, 0.1) is 26.8 Å². The van der Waals surface area contributed by atoms with Gasteiger partial charge in [-0.2, -0.15) is 4.98 Å². The SMILES string of the molecule is CCN1CCN(CC2CSc3c(-c4c(F)cc(F)c5sc(N)nc45)c(Cl)cc4c(N5CC6CCC(C5)N6)nc(=O)n2c34)CC1. The van der Waals surface area contributed by atoms with Crippen LogP contribution in [-0.2, 0) is 0 Å². The number of fused-ring (bicyclic) bond motifs is 3. The molecule has 0 amide bonds. The first-order valence-electron chi connectivity index (χ1n) is 15.2. The summed E-state index contributed by atoms with van der Waals surface area (Å²) in [5.74, 6) is -0.271. The monoisotopic (exact) mass is 658 g/mol. The molecule has 8 rings (SSSR count). The predicted octanol–water partition coefficient (Wildman–Crippen LogP) is 4.41. The molecule has 2 aromatic heterocycles. The van der Waals surface area contributed by atoms with E-state index in [0.717, 1.165) is 81.4 Å². The van der Waals surface area contributed by atoms with Crippen molar-refractivity contribution in [3.05, 3.63) is 39.3 Å². The summed E-state index contributed by atoms with van der Waals surface area (Å²) in [7, 11) is 0. The molecule has 232 valence electrons. The minimum atomic E-state index is -0.767. The van der Waals surface area contributed by atoms with E-state index in [1.54, 1.807) is 11.8 Å². The second-order valence-electron chi connectivity index (χ2n) is 12.2. The quantitative estimate of drug-likeness (QED) is 0.323. The first-order chi connectivity index (χ1) is 21.3. The van der Waals surface area contributed by atoms with Gasteiger partial charge in [0.1, 0.15) is 17.5 Å². The first-order valence-corrected chi connectivity index (χ1v) is 17.4. The second kappa shape index (κ2) is 11.1. The highest BCUT2D eigenvalue weighted by Gasteiger charge is 2.37. The van der Waals surface area contributed by atoms with Crippen molar-refractivity contribution in [3.63, 3.8) is 0 Å². The van der Waals surface area contributed by atoms with Crippen LogP contribution < -0.4 is 21.6 Å². The number of nitrogens with one attached hydrogen (secondary N) is 1. The molecule has 3 saturated heterocycles. The fourth-order valence-corrected chi connectivity index (χ4v) is 9.91. The van der Waals surface area contributed by atoms with E-state index in [-0.39, 0.29) is 32.6 Å². The number of thiazole rings is 1. The van der Waals surface area contributed by atoms with E-state index in [0.29, 0.717) is 51.2 Å². The number of piperazine rings is 2. The number of halogens is 3. The molecule has 6 heterocycles. The first kappa shape index (κ1) is 28.9. The number of hydrogen-bond donors (Lipinski definition) is 2. The van der Waals surface area contributed by atoms with Crippen LogP contribution in [0.3, 0.4) is 0 Å². The summed E-state index contributed by atoms with van der Waals surface area (Å²) >= 11 is 9.61. The zero-order chi connectivity index (χ0) is 30.3. The molecular weight excluding hydrogens is 626 g/mol. The van der Waals surface area contributed by atoms with Crippen LogP contribution in [0.4, 0.5) is 19.7 Å². The van der Waals surface area contributed by atoms with Crippen LogP contribution in [0, 0.1) is 11.6 Å². The van der Waals surface area contributed by atoms with Gasteiger partial charge >= 0.3 is 5.69 Å². The van der Waals surface area contributed by atoms with Crippen molar-refractivity contribution < 1.29 is 8.78 Å². The maximum Gasteiger partial charge on any atom is 0.350 e. The lowest BCUT2D eigenvalue weighted by Crippen LogP contribution is -2.52. The molecule has 0 radical (unpaired) electrons. The van der Waals surface area contributed by atoms with Crippen molar-refractivity contribution >= 4 is 66.8 Å². The highest BCUT2D eigenvalue weighted by atomic mass is 35.5. The zero-order valence-electron chi connectivity index (χ0n) is 24.3. The number of nitrogens with zero attached hydrogens (tertiary/aromatic N) is 6. The lowest BCUT2D eigenvalue weighted by atomic mass is 10.00. The van der Waals surface area contributed by atoms with E-state index in [2.05, 4.69) is 31.9 Å². The van der Waals surface area contributed by atoms with Gasteiger partial charge in [-0.1, -0.05) is 29.9 Å². The largest absolute Gasteiger partial charge is 0.375 e. The van der Waals surface area contributed by atoms with Gasteiger partial charge in [-0.05, 0) is 25.5 Å². The van der Waals surface area contributed by atoms with Crippen molar-refractivity contribution in [1.29, 1.82) is 0 Å².